The molecule has 1 fully saturated rings. The summed E-state index contributed by atoms with van der Waals surface area (Å²) in [4.78, 5) is 34.2. The lowest BCUT2D eigenvalue weighted by atomic mass is 10.0. The maximum absolute atomic E-state index is 11.7. The predicted octanol–water partition coefficient (Wildman–Crippen LogP) is 0.836. The van der Waals surface area contributed by atoms with Crippen LogP contribution in [0.3, 0.4) is 0 Å². The Hall–Kier alpha value is -2.08. The number of halogens is 1. The van der Waals surface area contributed by atoms with Gasteiger partial charge in [0.15, 0.2) is 0 Å². The summed E-state index contributed by atoms with van der Waals surface area (Å²) in [6, 6.07) is 6.68. The molecule has 19 heavy (non-hydrogen) atoms. The summed E-state index contributed by atoms with van der Waals surface area (Å²) in [5.41, 5.74) is 5.05. The Morgan fingerprint density at radius 1 is 1.16 bits per heavy atom. The SMILES string of the molecule is O=C(CCC1C(=O)NNC1=O)Nc1ccc(Cl)cc1. The van der Waals surface area contributed by atoms with Crippen LogP contribution >= 0.6 is 11.6 Å². The van der Waals surface area contributed by atoms with Gasteiger partial charge in [0.1, 0.15) is 5.92 Å². The van der Waals surface area contributed by atoms with Crippen LogP contribution < -0.4 is 16.2 Å². The van der Waals surface area contributed by atoms with Crippen LogP contribution in [0.1, 0.15) is 12.8 Å². The first kappa shape index (κ1) is 13.4. The van der Waals surface area contributed by atoms with Gasteiger partial charge in [-0.25, -0.2) is 0 Å². The quantitative estimate of drug-likeness (QED) is 0.715. The third-order valence-electron chi connectivity index (χ3n) is 2.73. The van der Waals surface area contributed by atoms with E-state index < -0.39 is 17.7 Å². The summed E-state index contributed by atoms with van der Waals surface area (Å²) in [6.45, 7) is 0. The number of hydrogen-bond donors (Lipinski definition) is 3. The van der Waals surface area contributed by atoms with Gasteiger partial charge in [0, 0.05) is 17.1 Å². The number of nitrogens with one attached hydrogen (secondary N) is 3. The summed E-state index contributed by atoms with van der Waals surface area (Å²) < 4.78 is 0. The molecule has 0 saturated carbocycles. The van der Waals surface area contributed by atoms with E-state index in [0.29, 0.717) is 10.7 Å². The van der Waals surface area contributed by atoms with Crippen LogP contribution in [-0.4, -0.2) is 17.7 Å². The molecule has 1 aliphatic rings. The lowest BCUT2D eigenvalue weighted by Gasteiger charge is -2.06. The molecule has 2 rings (SSSR count). The van der Waals surface area contributed by atoms with Gasteiger partial charge < -0.3 is 5.32 Å². The van der Waals surface area contributed by atoms with Crippen LogP contribution in [0.4, 0.5) is 5.69 Å². The van der Waals surface area contributed by atoms with Crippen molar-refractivity contribution in [3.05, 3.63) is 29.3 Å². The topological polar surface area (TPSA) is 87.3 Å². The lowest BCUT2D eigenvalue weighted by molar-refractivity contribution is -0.128. The number of hydrogen-bond acceptors (Lipinski definition) is 3. The first-order chi connectivity index (χ1) is 9.06. The Balaban J connectivity index is 1.83. The van der Waals surface area contributed by atoms with Crippen molar-refractivity contribution in [3.8, 4) is 0 Å². The summed E-state index contributed by atoms with van der Waals surface area (Å²) >= 11 is 5.73. The van der Waals surface area contributed by atoms with Gasteiger partial charge >= 0.3 is 0 Å². The van der Waals surface area contributed by atoms with Gasteiger partial charge in [-0.15, -0.1) is 0 Å². The van der Waals surface area contributed by atoms with Crippen LogP contribution in [0, 0.1) is 5.92 Å². The zero-order chi connectivity index (χ0) is 13.8. The molecule has 7 heteroatoms. The third kappa shape index (κ3) is 3.45. The van der Waals surface area contributed by atoms with Crippen LogP contribution in [0.15, 0.2) is 24.3 Å². The highest BCUT2D eigenvalue weighted by Crippen LogP contribution is 2.15. The second-order valence-electron chi connectivity index (χ2n) is 4.12. The van der Waals surface area contributed by atoms with Crippen molar-refractivity contribution in [2.45, 2.75) is 12.8 Å². The van der Waals surface area contributed by atoms with Crippen molar-refractivity contribution in [2.24, 2.45) is 5.92 Å². The maximum atomic E-state index is 11.7. The smallest absolute Gasteiger partial charge is 0.251 e. The molecule has 100 valence electrons. The standard InChI is InChI=1S/C12H12ClN3O3/c13-7-1-3-8(4-2-7)14-10(17)6-5-9-11(18)15-16-12(9)19/h1-4,9H,5-6H2,(H,14,17)(H,15,18)(H,16,19). The Bertz CT molecular complexity index is 499. The summed E-state index contributed by atoms with van der Waals surface area (Å²) in [7, 11) is 0. The number of benzene rings is 1. The van der Waals surface area contributed by atoms with Crippen molar-refractivity contribution in [3.63, 3.8) is 0 Å². The minimum atomic E-state index is -0.795. The van der Waals surface area contributed by atoms with Crippen molar-refractivity contribution in [2.75, 3.05) is 5.32 Å². The van der Waals surface area contributed by atoms with Crippen molar-refractivity contribution in [1.29, 1.82) is 0 Å². The molecular formula is C12H12ClN3O3. The molecule has 0 bridgehead atoms. The fourth-order valence-corrected chi connectivity index (χ4v) is 1.84. The zero-order valence-electron chi connectivity index (χ0n) is 9.90. The van der Waals surface area contributed by atoms with E-state index in [1.54, 1.807) is 24.3 Å². The minimum Gasteiger partial charge on any atom is -0.326 e. The Morgan fingerprint density at radius 3 is 2.32 bits per heavy atom. The third-order valence-corrected chi connectivity index (χ3v) is 2.98. The maximum Gasteiger partial charge on any atom is 0.251 e. The summed E-state index contributed by atoms with van der Waals surface area (Å²) in [5, 5.41) is 3.24. The van der Waals surface area contributed by atoms with Gasteiger partial charge in [0.05, 0.1) is 0 Å². The van der Waals surface area contributed by atoms with Gasteiger partial charge in [0.2, 0.25) is 5.91 Å². The van der Waals surface area contributed by atoms with E-state index in [9.17, 15) is 14.4 Å². The summed E-state index contributed by atoms with van der Waals surface area (Å²) in [5.74, 6) is -1.85. The Labute approximate surface area is 114 Å². The minimum absolute atomic E-state index is 0.0914. The van der Waals surface area contributed by atoms with Crippen LogP contribution in [-0.2, 0) is 14.4 Å². The van der Waals surface area contributed by atoms with Gasteiger partial charge in [-0.1, -0.05) is 11.6 Å². The monoisotopic (exact) mass is 281 g/mol. The number of carbonyl (C=O) groups is 3. The molecule has 1 aromatic carbocycles. The molecular weight excluding hydrogens is 270 g/mol. The first-order valence-electron chi connectivity index (χ1n) is 5.71. The Morgan fingerprint density at radius 2 is 1.74 bits per heavy atom. The highest BCUT2D eigenvalue weighted by atomic mass is 35.5. The van der Waals surface area contributed by atoms with E-state index in [-0.39, 0.29) is 18.7 Å². The second kappa shape index (κ2) is 5.71. The van der Waals surface area contributed by atoms with E-state index in [2.05, 4.69) is 16.2 Å². The fourth-order valence-electron chi connectivity index (χ4n) is 1.71. The highest BCUT2D eigenvalue weighted by molar-refractivity contribution is 6.30. The average molecular weight is 282 g/mol. The molecule has 1 aliphatic heterocycles. The van der Waals surface area contributed by atoms with Gasteiger partial charge in [-0.3, -0.25) is 25.2 Å². The van der Waals surface area contributed by atoms with Crippen molar-refractivity contribution >= 4 is 35.0 Å². The zero-order valence-corrected chi connectivity index (χ0v) is 10.7. The molecule has 1 heterocycles. The van der Waals surface area contributed by atoms with Crippen LogP contribution in [0.5, 0.6) is 0 Å². The second-order valence-corrected chi connectivity index (χ2v) is 4.56. The Kier molecular flexibility index (Phi) is 4.01. The number of carbonyl (C=O) groups excluding carboxylic acids is 3. The first-order valence-corrected chi connectivity index (χ1v) is 6.09. The molecule has 6 nitrogen and oxygen atoms in total. The molecule has 0 spiro atoms. The van der Waals surface area contributed by atoms with Crippen LogP contribution in [0.2, 0.25) is 5.02 Å². The highest BCUT2D eigenvalue weighted by Gasteiger charge is 2.32. The average Bonchev–Trinajstić information content (AvgIpc) is 2.70. The number of amides is 3. The van der Waals surface area contributed by atoms with Gasteiger partial charge in [-0.05, 0) is 30.7 Å². The fraction of sp³-hybridized carbons (Fsp3) is 0.250. The van der Waals surface area contributed by atoms with Gasteiger partial charge in [-0.2, -0.15) is 0 Å². The van der Waals surface area contributed by atoms with E-state index >= 15 is 0 Å². The normalized spacial score (nSPS) is 15.0. The molecule has 1 aromatic rings. The molecule has 3 amide bonds. The largest absolute Gasteiger partial charge is 0.326 e. The summed E-state index contributed by atoms with van der Waals surface area (Å²) in [6.07, 6.45) is 0.269. The number of anilines is 1. The van der Waals surface area contributed by atoms with Crippen molar-refractivity contribution < 1.29 is 14.4 Å². The van der Waals surface area contributed by atoms with E-state index in [1.165, 1.54) is 0 Å². The van der Waals surface area contributed by atoms with E-state index in [0.717, 1.165) is 0 Å². The molecule has 0 unspecified atom stereocenters. The number of rotatable bonds is 4. The van der Waals surface area contributed by atoms with E-state index in [1.807, 2.05) is 0 Å². The molecule has 0 aromatic heterocycles. The lowest BCUT2D eigenvalue weighted by Crippen LogP contribution is -2.28. The van der Waals surface area contributed by atoms with Crippen molar-refractivity contribution in [1.82, 2.24) is 10.9 Å². The van der Waals surface area contributed by atoms with Crippen LogP contribution in [0.25, 0.3) is 0 Å². The molecule has 0 aliphatic carbocycles. The van der Waals surface area contributed by atoms with E-state index in [4.69, 9.17) is 11.6 Å². The predicted molar refractivity (Wildman–Crippen MR) is 69.1 cm³/mol. The molecule has 3 N–H and O–H groups in total. The molecule has 0 atom stereocenters. The molecule has 0 radical (unpaired) electrons. The van der Waals surface area contributed by atoms with Gasteiger partial charge in [0.25, 0.3) is 11.8 Å². The molecule has 1 saturated heterocycles. The number of hydrazine groups is 1.